The Morgan fingerprint density at radius 2 is 1.78 bits per heavy atom. The second kappa shape index (κ2) is 9.33. The average Bonchev–Trinajstić information content (AvgIpc) is 2.61. The van der Waals surface area contributed by atoms with Crippen molar-refractivity contribution < 1.29 is 14.3 Å². The second-order valence-corrected chi connectivity index (χ2v) is 6.19. The number of rotatable bonds is 7. The Morgan fingerprint density at radius 3 is 2.43 bits per heavy atom. The fraction of sp³-hybridized carbons (Fsp3) is 0.579. The van der Waals surface area contributed by atoms with Gasteiger partial charge in [0.1, 0.15) is 0 Å². The number of amides is 1. The Morgan fingerprint density at radius 1 is 1.09 bits per heavy atom. The molecule has 0 heterocycles. The van der Waals surface area contributed by atoms with Gasteiger partial charge in [0.2, 0.25) is 5.91 Å². The molecule has 0 bridgehead atoms. The van der Waals surface area contributed by atoms with Gasteiger partial charge in [-0.15, -0.1) is 0 Å². The number of benzene rings is 1. The maximum Gasteiger partial charge on any atom is 0.307 e. The van der Waals surface area contributed by atoms with Gasteiger partial charge in [-0.25, -0.2) is 0 Å². The maximum atomic E-state index is 12.7. The summed E-state index contributed by atoms with van der Waals surface area (Å²) in [6.07, 6.45) is 7.24. The SMILES string of the molecule is COC(=O)CCN(C(=O)CCc1ccccc1)C1CCCCC1. The maximum absolute atomic E-state index is 12.7. The molecule has 0 saturated heterocycles. The molecule has 1 aromatic carbocycles. The number of hydrogen-bond donors (Lipinski definition) is 0. The highest BCUT2D eigenvalue weighted by atomic mass is 16.5. The van der Waals surface area contributed by atoms with E-state index < -0.39 is 0 Å². The second-order valence-electron chi connectivity index (χ2n) is 6.19. The highest BCUT2D eigenvalue weighted by Crippen LogP contribution is 2.23. The number of esters is 1. The van der Waals surface area contributed by atoms with Crippen LogP contribution in [0.15, 0.2) is 30.3 Å². The largest absolute Gasteiger partial charge is 0.469 e. The molecular formula is C19H27NO3. The van der Waals surface area contributed by atoms with Crippen LogP contribution in [0, 0.1) is 0 Å². The van der Waals surface area contributed by atoms with E-state index in [4.69, 9.17) is 4.74 Å². The summed E-state index contributed by atoms with van der Waals surface area (Å²) in [6, 6.07) is 10.4. The molecule has 0 spiro atoms. The van der Waals surface area contributed by atoms with E-state index in [0.29, 0.717) is 13.0 Å². The summed E-state index contributed by atoms with van der Waals surface area (Å²) in [5, 5.41) is 0. The molecule has 1 fully saturated rings. The average molecular weight is 317 g/mol. The van der Waals surface area contributed by atoms with E-state index in [0.717, 1.165) is 19.3 Å². The van der Waals surface area contributed by atoms with Gasteiger partial charge in [-0.2, -0.15) is 0 Å². The van der Waals surface area contributed by atoms with Crippen molar-refractivity contribution in [1.29, 1.82) is 0 Å². The first-order valence-electron chi connectivity index (χ1n) is 8.61. The highest BCUT2D eigenvalue weighted by molar-refractivity contribution is 5.78. The molecule has 0 N–H and O–H groups in total. The fourth-order valence-corrected chi connectivity index (χ4v) is 3.26. The van der Waals surface area contributed by atoms with Gasteiger partial charge in [-0.3, -0.25) is 9.59 Å². The van der Waals surface area contributed by atoms with Gasteiger partial charge >= 0.3 is 5.97 Å². The van der Waals surface area contributed by atoms with Gasteiger partial charge in [-0.05, 0) is 24.8 Å². The summed E-state index contributed by atoms with van der Waals surface area (Å²) in [6.45, 7) is 0.477. The lowest BCUT2D eigenvalue weighted by Gasteiger charge is -2.34. The van der Waals surface area contributed by atoms with Crippen molar-refractivity contribution in [2.45, 2.75) is 57.4 Å². The molecule has 1 aliphatic rings. The molecule has 0 aliphatic heterocycles. The van der Waals surface area contributed by atoms with Crippen LogP contribution < -0.4 is 0 Å². The first-order chi connectivity index (χ1) is 11.2. The number of ether oxygens (including phenoxy) is 1. The van der Waals surface area contributed by atoms with Crippen LogP contribution in [-0.2, 0) is 20.7 Å². The van der Waals surface area contributed by atoms with Crippen LogP contribution in [0.4, 0.5) is 0 Å². The number of hydrogen-bond acceptors (Lipinski definition) is 3. The summed E-state index contributed by atoms with van der Waals surface area (Å²) < 4.78 is 4.72. The van der Waals surface area contributed by atoms with E-state index >= 15 is 0 Å². The van der Waals surface area contributed by atoms with Crippen LogP contribution in [0.5, 0.6) is 0 Å². The van der Waals surface area contributed by atoms with Gasteiger partial charge in [0, 0.05) is 19.0 Å². The van der Waals surface area contributed by atoms with E-state index in [2.05, 4.69) is 0 Å². The number of carbonyl (C=O) groups is 2. The van der Waals surface area contributed by atoms with Crippen molar-refractivity contribution in [3.8, 4) is 0 Å². The number of nitrogens with zero attached hydrogens (tertiary/aromatic N) is 1. The van der Waals surface area contributed by atoms with Gasteiger partial charge in [0.05, 0.1) is 13.5 Å². The molecule has 1 aromatic rings. The lowest BCUT2D eigenvalue weighted by atomic mass is 9.93. The Balaban J connectivity index is 1.93. The Labute approximate surface area is 138 Å². The van der Waals surface area contributed by atoms with Gasteiger partial charge < -0.3 is 9.64 Å². The third-order valence-corrected chi connectivity index (χ3v) is 4.59. The zero-order chi connectivity index (χ0) is 16.5. The molecule has 4 nitrogen and oxygen atoms in total. The molecule has 0 aromatic heterocycles. The molecule has 1 amide bonds. The predicted octanol–water partition coefficient (Wildman–Crippen LogP) is 3.34. The van der Waals surface area contributed by atoms with Crippen LogP contribution in [-0.4, -0.2) is 36.5 Å². The standard InChI is InChI=1S/C19H27NO3/c1-23-19(22)14-15-20(17-10-6-3-7-11-17)18(21)13-12-16-8-4-2-5-9-16/h2,4-5,8-9,17H,3,6-7,10-15H2,1H3. The van der Waals surface area contributed by atoms with E-state index in [1.165, 1.54) is 31.9 Å². The molecule has 23 heavy (non-hydrogen) atoms. The number of carbonyl (C=O) groups excluding carboxylic acids is 2. The third kappa shape index (κ3) is 5.70. The van der Waals surface area contributed by atoms with Gasteiger partial charge in [-0.1, -0.05) is 49.6 Å². The van der Waals surface area contributed by atoms with Crippen LogP contribution >= 0.6 is 0 Å². The van der Waals surface area contributed by atoms with E-state index in [1.807, 2.05) is 35.2 Å². The van der Waals surface area contributed by atoms with Crippen molar-refractivity contribution in [3.05, 3.63) is 35.9 Å². The number of methoxy groups -OCH3 is 1. The van der Waals surface area contributed by atoms with Crippen LogP contribution in [0.25, 0.3) is 0 Å². The Kier molecular flexibility index (Phi) is 7.11. The Bertz CT molecular complexity index is 495. The van der Waals surface area contributed by atoms with Gasteiger partial charge in [0.25, 0.3) is 0 Å². The summed E-state index contributed by atoms with van der Waals surface area (Å²) in [5.41, 5.74) is 1.18. The van der Waals surface area contributed by atoms with E-state index in [9.17, 15) is 9.59 Å². The minimum atomic E-state index is -0.248. The van der Waals surface area contributed by atoms with Crippen molar-refractivity contribution >= 4 is 11.9 Å². The minimum absolute atomic E-state index is 0.157. The minimum Gasteiger partial charge on any atom is -0.469 e. The van der Waals surface area contributed by atoms with Crippen molar-refractivity contribution in [3.63, 3.8) is 0 Å². The molecule has 2 rings (SSSR count). The molecule has 1 aliphatic carbocycles. The van der Waals surface area contributed by atoms with Crippen LogP contribution in [0.3, 0.4) is 0 Å². The van der Waals surface area contributed by atoms with E-state index in [1.54, 1.807) is 0 Å². The first-order valence-corrected chi connectivity index (χ1v) is 8.61. The first kappa shape index (κ1) is 17.5. The smallest absolute Gasteiger partial charge is 0.307 e. The zero-order valence-electron chi connectivity index (χ0n) is 14.0. The lowest BCUT2D eigenvalue weighted by Crippen LogP contribution is -2.42. The molecule has 126 valence electrons. The van der Waals surface area contributed by atoms with Crippen LogP contribution in [0.1, 0.15) is 50.5 Å². The van der Waals surface area contributed by atoms with Crippen molar-refractivity contribution in [1.82, 2.24) is 4.90 Å². The molecule has 0 atom stereocenters. The summed E-state index contributed by atoms with van der Waals surface area (Å²) >= 11 is 0. The summed E-state index contributed by atoms with van der Waals surface area (Å²) in [7, 11) is 1.39. The molecule has 4 heteroatoms. The third-order valence-electron chi connectivity index (χ3n) is 4.59. The lowest BCUT2D eigenvalue weighted by molar-refractivity contribution is -0.142. The predicted molar refractivity (Wildman–Crippen MR) is 90.0 cm³/mol. The van der Waals surface area contributed by atoms with E-state index in [-0.39, 0.29) is 24.3 Å². The van der Waals surface area contributed by atoms with Crippen molar-refractivity contribution in [2.75, 3.05) is 13.7 Å². The van der Waals surface area contributed by atoms with Gasteiger partial charge in [0.15, 0.2) is 0 Å². The zero-order valence-corrected chi connectivity index (χ0v) is 14.0. The molecule has 1 saturated carbocycles. The topological polar surface area (TPSA) is 46.6 Å². The fourth-order valence-electron chi connectivity index (χ4n) is 3.26. The quantitative estimate of drug-likeness (QED) is 0.725. The number of aryl methyl sites for hydroxylation is 1. The normalized spacial score (nSPS) is 15.2. The monoisotopic (exact) mass is 317 g/mol. The highest BCUT2D eigenvalue weighted by Gasteiger charge is 2.25. The van der Waals surface area contributed by atoms with Crippen molar-refractivity contribution in [2.24, 2.45) is 0 Å². The van der Waals surface area contributed by atoms with Crippen LogP contribution in [0.2, 0.25) is 0 Å². The Hall–Kier alpha value is -1.84. The molecule has 0 unspecified atom stereocenters. The molecular weight excluding hydrogens is 290 g/mol. The summed E-state index contributed by atoms with van der Waals surface area (Å²) in [5.74, 6) is -0.0914. The summed E-state index contributed by atoms with van der Waals surface area (Å²) in [4.78, 5) is 26.1. The molecule has 0 radical (unpaired) electrons.